The summed E-state index contributed by atoms with van der Waals surface area (Å²) in [7, 11) is 0. The van der Waals surface area contributed by atoms with Gasteiger partial charge in [0.1, 0.15) is 5.54 Å². The Hall–Kier alpha value is -1.09. The van der Waals surface area contributed by atoms with Crippen LogP contribution in [0.3, 0.4) is 0 Å². The van der Waals surface area contributed by atoms with E-state index in [1.807, 2.05) is 18.2 Å². The molecule has 0 spiro atoms. The number of hydrogen-bond donors (Lipinski definition) is 1. The van der Waals surface area contributed by atoms with Gasteiger partial charge in [-0.3, -0.25) is 5.32 Å². The summed E-state index contributed by atoms with van der Waals surface area (Å²) in [5.74, 6) is 1.26. The molecule has 110 valence electrons. The van der Waals surface area contributed by atoms with Gasteiger partial charge in [-0.05, 0) is 44.7 Å². The lowest BCUT2D eigenvalue weighted by Crippen LogP contribution is -2.51. The second-order valence-corrected chi connectivity index (χ2v) is 8.15. The summed E-state index contributed by atoms with van der Waals surface area (Å²) in [5.41, 5.74) is 0.646. The Labute approximate surface area is 133 Å². The molecule has 0 saturated heterocycles. The number of nitrogens with zero attached hydrogens (tertiary/aromatic N) is 2. The van der Waals surface area contributed by atoms with Gasteiger partial charge in [-0.15, -0.1) is 11.3 Å². The summed E-state index contributed by atoms with van der Waals surface area (Å²) in [6, 6.07) is 11.1. The third kappa shape index (κ3) is 3.23. The number of rotatable bonds is 6. The molecule has 0 radical (unpaired) electrons. The molecular formula is C16H19N3S2. The summed E-state index contributed by atoms with van der Waals surface area (Å²) >= 11 is 3.42. The van der Waals surface area contributed by atoms with Crippen LogP contribution >= 0.6 is 23.1 Å². The van der Waals surface area contributed by atoms with Crippen LogP contribution in [0.5, 0.6) is 0 Å². The SMILES string of the molecule is CC(C)NC(C#N)(CSc1nc2ccccc2s1)C1CC1. The minimum Gasteiger partial charge on any atom is -0.296 e. The van der Waals surface area contributed by atoms with Crippen molar-refractivity contribution in [2.75, 3.05) is 5.75 Å². The molecule has 1 atom stereocenters. The number of para-hydroxylation sites is 1. The highest BCUT2D eigenvalue weighted by atomic mass is 32.2. The minimum atomic E-state index is -0.406. The Bertz CT molecular complexity index is 636. The topological polar surface area (TPSA) is 48.7 Å². The van der Waals surface area contributed by atoms with Crippen LogP contribution in [0.2, 0.25) is 0 Å². The normalized spacial score (nSPS) is 17.8. The zero-order valence-corrected chi connectivity index (χ0v) is 13.9. The fourth-order valence-electron chi connectivity index (χ4n) is 2.61. The molecule has 1 fully saturated rings. The standard InChI is InChI=1S/C16H19N3S2/c1-11(2)19-16(9-17,12-7-8-12)10-20-15-18-13-5-3-4-6-14(13)21-15/h3-6,11-12,19H,7-8,10H2,1-2H3. The largest absolute Gasteiger partial charge is 0.296 e. The van der Waals surface area contributed by atoms with Crippen molar-refractivity contribution in [3.63, 3.8) is 0 Å². The lowest BCUT2D eigenvalue weighted by atomic mass is 9.96. The number of thioether (sulfide) groups is 1. The second kappa shape index (κ2) is 5.96. The van der Waals surface area contributed by atoms with E-state index < -0.39 is 5.54 Å². The van der Waals surface area contributed by atoms with Gasteiger partial charge >= 0.3 is 0 Å². The van der Waals surface area contributed by atoms with Crippen molar-refractivity contribution >= 4 is 33.3 Å². The first-order chi connectivity index (χ1) is 10.1. The van der Waals surface area contributed by atoms with Gasteiger partial charge < -0.3 is 0 Å². The zero-order chi connectivity index (χ0) is 14.9. The Morgan fingerprint density at radius 3 is 2.86 bits per heavy atom. The van der Waals surface area contributed by atoms with Crippen LogP contribution in [0.4, 0.5) is 0 Å². The first-order valence-electron chi connectivity index (χ1n) is 7.30. The number of hydrogen-bond acceptors (Lipinski definition) is 5. The Morgan fingerprint density at radius 1 is 1.48 bits per heavy atom. The number of thiazole rings is 1. The smallest absolute Gasteiger partial charge is 0.151 e. The number of nitriles is 1. The summed E-state index contributed by atoms with van der Waals surface area (Å²) in [6.45, 7) is 4.22. The highest BCUT2D eigenvalue weighted by Crippen LogP contribution is 2.43. The second-order valence-electron chi connectivity index (χ2n) is 5.89. The van der Waals surface area contributed by atoms with Gasteiger partial charge in [0, 0.05) is 11.8 Å². The molecule has 1 aromatic carbocycles. The highest BCUT2D eigenvalue weighted by molar-refractivity contribution is 8.01. The first-order valence-corrected chi connectivity index (χ1v) is 9.10. The summed E-state index contributed by atoms with van der Waals surface area (Å²) in [4.78, 5) is 4.65. The third-order valence-corrected chi connectivity index (χ3v) is 6.09. The number of nitrogens with one attached hydrogen (secondary N) is 1. The molecule has 1 heterocycles. The van der Waals surface area contributed by atoms with Crippen molar-refractivity contribution in [3.8, 4) is 6.07 Å². The molecule has 3 rings (SSSR count). The van der Waals surface area contributed by atoms with E-state index in [0.717, 1.165) is 28.5 Å². The third-order valence-electron chi connectivity index (χ3n) is 3.72. The summed E-state index contributed by atoms with van der Waals surface area (Å²) < 4.78 is 2.27. The van der Waals surface area contributed by atoms with Gasteiger partial charge in [-0.1, -0.05) is 23.9 Å². The maximum atomic E-state index is 9.71. The van der Waals surface area contributed by atoms with Crippen LogP contribution in [0.15, 0.2) is 28.6 Å². The fourth-order valence-corrected chi connectivity index (χ4v) is 4.89. The van der Waals surface area contributed by atoms with E-state index in [2.05, 4.69) is 36.3 Å². The van der Waals surface area contributed by atoms with Crippen LogP contribution in [-0.4, -0.2) is 22.3 Å². The number of fused-ring (bicyclic) bond motifs is 1. The molecule has 0 amide bonds. The van der Waals surface area contributed by atoms with Crippen molar-refractivity contribution in [1.29, 1.82) is 5.26 Å². The van der Waals surface area contributed by atoms with Crippen molar-refractivity contribution < 1.29 is 0 Å². The van der Waals surface area contributed by atoms with Crippen LogP contribution < -0.4 is 5.32 Å². The van der Waals surface area contributed by atoms with Crippen molar-refractivity contribution in [3.05, 3.63) is 24.3 Å². The predicted octanol–water partition coefficient (Wildman–Crippen LogP) is 4.06. The predicted molar refractivity (Wildman–Crippen MR) is 89.7 cm³/mol. The summed E-state index contributed by atoms with van der Waals surface area (Å²) in [5, 5.41) is 13.2. The van der Waals surface area contributed by atoms with Gasteiger partial charge in [0.15, 0.2) is 4.34 Å². The maximum absolute atomic E-state index is 9.71. The molecule has 0 bridgehead atoms. The van der Waals surface area contributed by atoms with Crippen LogP contribution in [0, 0.1) is 17.2 Å². The average molecular weight is 317 g/mol. The van der Waals surface area contributed by atoms with E-state index in [1.54, 1.807) is 23.1 Å². The van der Waals surface area contributed by atoms with Gasteiger partial charge in [0.25, 0.3) is 0 Å². The van der Waals surface area contributed by atoms with E-state index >= 15 is 0 Å². The Kier molecular flexibility index (Phi) is 4.21. The molecule has 21 heavy (non-hydrogen) atoms. The zero-order valence-electron chi connectivity index (χ0n) is 12.3. The summed E-state index contributed by atoms with van der Waals surface area (Å²) in [6.07, 6.45) is 2.32. The molecule has 1 aliphatic rings. The molecule has 1 N–H and O–H groups in total. The fraction of sp³-hybridized carbons (Fsp3) is 0.500. The molecule has 1 saturated carbocycles. The van der Waals surface area contributed by atoms with Gasteiger partial charge in [-0.2, -0.15) is 5.26 Å². The van der Waals surface area contributed by atoms with Crippen LogP contribution in [0.1, 0.15) is 26.7 Å². The van der Waals surface area contributed by atoms with Gasteiger partial charge in [-0.25, -0.2) is 4.98 Å². The van der Waals surface area contributed by atoms with Crippen LogP contribution in [0.25, 0.3) is 10.2 Å². The highest BCUT2D eigenvalue weighted by Gasteiger charge is 2.46. The first kappa shape index (κ1) is 14.8. The van der Waals surface area contributed by atoms with Gasteiger partial charge in [0.05, 0.1) is 16.3 Å². The molecule has 2 aromatic rings. The molecule has 0 aliphatic heterocycles. The molecule has 3 nitrogen and oxygen atoms in total. The van der Waals surface area contributed by atoms with E-state index in [4.69, 9.17) is 0 Å². The average Bonchev–Trinajstić information content (AvgIpc) is 3.23. The monoisotopic (exact) mass is 317 g/mol. The van der Waals surface area contributed by atoms with Crippen molar-refractivity contribution in [1.82, 2.24) is 10.3 Å². The molecule has 5 heteroatoms. The molecular weight excluding hydrogens is 298 g/mol. The Balaban J connectivity index is 1.76. The number of aromatic nitrogens is 1. The van der Waals surface area contributed by atoms with E-state index in [9.17, 15) is 5.26 Å². The number of benzene rings is 1. The quantitative estimate of drug-likeness (QED) is 0.816. The molecule has 1 aromatic heterocycles. The minimum absolute atomic E-state index is 0.321. The lowest BCUT2D eigenvalue weighted by Gasteiger charge is -2.29. The van der Waals surface area contributed by atoms with E-state index in [-0.39, 0.29) is 0 Å². The molecule has 1 unspecified atom stereocenters. The van der Waals surface area contributed by atoms with E-state index in [1.165, 1.54) is 4.70 Å². The van der Waals surface area contributed by atoms with Crippen LogP contribution in [-0.2, 0) is 0 Å². The van der Waals surface area contributed by atoms with Crippen molar-refractivity contribution in [2.24, 2.45) is 5.92 Å². The van der Waals surface area contributed by atoms with E-state index in [0.29, 0.717) is 12.0 Å². The lowest BCUT2D eigenvalue weighted by molar-refractivity contribution is 0.370. The maximum Gasteiger partial charge on any atom is 0.151 e. The Morgan fingerprint density at radius 2 is 2.24 bits per heavy atom. The van der Waals surface area contributed by atoms with Gasteiger partial charge in [0.2, 0.25) is 0 Å². The van der Waals surface area contributed by atoms with Crippen molar-refractivity contribution in [2.45, 2.75) is 42.6 Å². The molecule has 1 aliphatic carbocycles.